The number of methoxy groups -OCH3 is 1. The first-order valence-corrected chi connectivity index (χ1v) is 22.4. The topological polar surface area (TPSA) is 99.2 Å². The highest BCUT2D eigenvalue weighted by molar-refractivity contribution is 5.91. The Morgan fingerprint density at radius 3 is 1.46 bits per heavy atom. The van der Waals surface area contributed by atoms with E-state index in [9.17, 15) is 14.7 Å². The predicted molar refractivity (Wildman–Crippen MR) is 250 cm³/mol. The molecule has 63 heavy (non-hydrogen) atoms. The van der Waals surface area contributed by atoms with Gasteiger partial charge in [-0.3, -0.25) is 9.97 Å². The van der Waals surface area contributed by atoms with Crippen molar-refractivity contribution in [1.82, 2.24) is 19.1 Å². The molecule has 4 aromatic carbocycles. The van der Waals surface area contributed by atoms with Gasteiger partial charge in [-0.15, -0.1) is 0 Å². The maximum atomic E-state index is 12.5. The maximum Gasteiger partial charge on any atom is 0.339 e. The Labute approximate surface area is 369 Å². The zero-order valence-electron chi connectivity index (χ0n) is 36.0. The molecule has 0 aliphatic heterocycles. The van der Waals surface area contributed by atoms with E-state index in [-0.39, 0.29) is 5.97 Å². The zero-order chi connectivity index (χ0) is 43.1. The smallest absolute Gasteiger partial charge is 0.339 e. The number of esters is 1. The van der Waals surface area contributed by atoms with Crippen molar-refractivity contribution in [2.45, 2.75) is 89.1 Å². The molecule has 318 valence electrons. The summed E-state index contributed by atoms with van der Waals surface area (Å²) in [5.74, 6) is -0.221. The van der Waals surface area contributed by atoms with Gasteiger partial charge < -0.3 is 19.0 Å². The molecule has 2 aliphatic rings. The number of pyridine rings is 2. The van der Waals surface area contributed by atoms with Crippen LogP contribution in [0.5, 0.6) is 0 Å². The molecule has 1 N–H and O–H groups in total. The number of aromatic carboxylic acids is 1. The van der Waals surface area contributed by atoms with Crippen LogP contribution in [0.4, 0.5) is 0 Å². The van der Waals surface area contributed by atoms with Crippen molar-refractivity contribution < 1.29 is 19.4 Å². The van der Waals surface area contributed by atoms with Crippen molar-refractivity contribution in [1.29, 1.82) is 0 Å². The molecule has 10 rings (SSSR count). The summed E-state index contributed by atoms with van der Waals surface area (Å²) in [7, 11) is 1.44. The van der Waals surface area contributed by atoms with E-state index in [1.54, 1.807) is 0 Å². The van der Waals surface area contributed by atoms with Gasteiger partial charge in [0, 0.05) is 61.8 Å². The van der Waals surface area contributed by atoms with Gasteiger partial charge in [0.2, 0.25) is 0 Å². The average Bonchev–Trinajstić information content (AvgIpc) is 4.17. The highest BCUT2D eigenvalue weighted by Crippen LogP contribution is 2.36. The Bertz CT molecular complexity index is 2850. The molecule has 4 heterocycles. The van der Waals surface area contributed by atoms with Gasteiger partial charge in [-0.1, -0.05) is 98.5 Å². The Kier molecular flexibility index (Phi) is 12.6. The fraction of sp³-hybridized carbons (Fsp3) is 0.273. The van der Waals surface area contributed by atoms with Crippen LogP contribution < -0.4 is 0 Å². The number of carbonyl (C=O) groups excluding carboxylic acids is 1. The van der Waals surface area contributed by atoms with Crippen LogP contribution in [0.3, 0.4) is 0 Å². The molecule has 0 bridgehead atoms. The van der Waals surface area contributed by atoms with Gasteiger partial charge in [-0.05, 0) is 130 Å². The first-order valence-electron chi connectivity index (χ1n) is 22.4. The fourth-order valence-electron chi connectivity index (χ4n) is 9.68. The lowest BCUT2D eigenvalue weighted by molar-refractivity contribution is 0.0598. The molecule has 8 aromatic rings. The van der Waals surface area contributed by atoms with Crippen molar-refractivity contribution in [3.63, 3.8) is 0 Å². The number of aromatic nitrogens is 4. The summed E-state index contributed by atoms with van der Waals surface area (Å²) in [6, 6.07) is 41.9. The minimum atomic E-state index is -0.891. The van der Waals surface area contributed by atoms with Gasteiger partial charge in [0.1, 0.15) is 0 Å². The molecule has 8 heteroatoms. The van der Waals surface area contributed by atoms with Crippen molar-refractivity contribution >= 4 is 33.7 Å². The molecular formula is C55H54N4O4. The monoisotopic (exact) mass is 834 g/mol. The lowest BCUT2D eigenvalue weighted by Gasteiger charge is -2.14. The maximum absolute atomic E-state index is 12.5. The number of nitrogens with zero attached hydrogens (tertiary/aromatic N) is 4. The molecular weight excluding hydrogens is 781 g/mol. The second-order valence-corrected chi connectivity index (χ2v) is 17.3. The third kappa shape index (κ3) is 9.66. The van der Waals surface area contributed by atoms with Crippen LogP contribution in [-0.2, 0) is 30.7 Å². The average molecular weight is 835 g/mol. The van der Waals surface area contributed by atoms with Gasteiger partial charge in [0.25, 0.3) is 0 Å². The van der Waals surface area contributed by atoms with Gasteiger partial charge in [-0.25, -0.2) is 9.59 Å². The minimum absolute atomic E-state index is 0.303. The fourth-order valence-corrected chi connectivity index (χ4v) is 9.68. The quantitative estimate of drug-likeness (QED) is 0.123. The molecule has 0 atom stereocenters. The number of carbonyl (C=O) groups is 2. The number of rotatable bonds is 12. The van der Waals surface area contributed by atoms with E-state index in [2.05, 4.69) is 124 Å². The second-order valence-electron chi connectivity index (χ2n) is 17.3. The van der Waals surface area contributed by atoms with Crippen LogP contribution in [-0.4, -0.2) is 43.3 Å². The van der Waals surface area contributed by atoms with E-state index in [0.717, 1.165) is 53.7 Å². The largest absolute Gasteiger partial charge is 0.478 e. The number of carboxylic acid groups (broad SMARTS) is 1. The third-order valence-electron chi connectivity index (χ3n) is 13.1. The highest BCUT2D eigenvalue weighted by atomic mass is 16.5. The van der Waals surface area contributed by atoms with Gasteiger partial charge in [0.15, 0.2) is 0 Å². The predicted octanol–water partition coefficient (Wildman–Crippen LogP) is 12.2. The summed E-state index contributed by atoms with van der Waals surface area (Å²) < 4.78 is 9.59. The second kappa shape index (κ2) is 19.1. The van der Waals surface area contributed by atoms with E-state index in [1.165, 1.54) is 78.7 Å². The molecule has 4 aromatic heterocycles. The summed E-state index contributed by atoms with van der Waals surface area (Å²) in [5.41, 5.74) is 11.7. The summed E-state index contributed by atoms with van der Waals surface area (Å²) in [5, 5.41) is 12.1. The van der Waals surface area contributed by atoms with Crippen LogP contribution in [0.2, 0.25) is 0 Å². The van der Waals surface area contributed by atoms with Gasteiger partial charge in [0.05, 0.1) is 29.6 Å². The summed E-state index contributed by atoms with van der Waals surface area (Å²) in [6.07, 6.45) is 18.8. The summed E-state index contributed by atoms with van der Waals surface area (Å²) in [6.45, 7) is 1.68. The first kappa shape index (κ1) is 41.5. The van der Waals surface area contributed by atoms with E-state index < -0.39 is 5.97 Å². The standard InChI is InChI=1S/C28H28N2O2.C27H26N2O2/c1-32-28(31)25-17-24(22-9-5-6-10-22)18-29-26(25)16-21-11-12-27-23(15-21)13-14-30(27)19-20-7-3-2-4-8-20;30-27(31)24-16-23(21-8-4-5-9-21)17-28-25(24)15-20-10-11-26-22(14-20)12-13-29(26)18-19-6-2-1-3-7-19/h2-4,7-8,11-15,17-18,22H,5-6,9-10,16,19H2,1H3;1-3,6-7,10-14,16-17,21H,4-5,8-9,15,18H2,(H,30,31). The van der Waals surface area contributed by atoms with E-state index in [0.29, 0.717) is 41.5 Å². The third-order valence-corrected chi connectivity index (χ3v) is 13.1. The number of carboxylic acids is 1. The lowest BCUT2D eigenvalue weighted by atomic mass is 9.95. The van der Waals surface area contributed by atoms with Crippen LogP contribution >= 0.6 is 0 Å². The number of ether oxygens (including phenoxy) is 1. The molecule has 2 aliphatic carbocycles. The minimum Gasteiger partial charge on any atom is -0.478 e. The van der Waals surface area contributed by atoms with Crippen molar-refractivity contribution in [2.75, 3.05) is 7.11 Å². The first-order chi connectivity index (χ1) is 30.9. The SMILES string of the molecule is COC(=O)c1cc(C2CCCC2)cnc1Cc1ccc2c(ccn2Cc2ccccc2)c1.O=C(O)c1cc(C2CCCC2)cnc1Cc1ccc2c(ccn2Cc2ccccc2)c1. The van der Waals surface area contributed by atoms with Crippen molar-refractivity contribution in [2.24, 2.45) is 0 Å². The molecule has 8 nitrogen and oxygen atoms in total. The van der Waals surface area contributed by atoms with E-state index in [1.807, 2.05) is 36.7 Å². The molecule has 0 saturated heterocycles. The number of hydrogen-bond acceptors (Lipinski definition) is 5. The molecule has 0 amide bonds. The van der Waals surface area contributed by atoms with Crippen molar-refractivity contribution in [3.8, 4) is 0 Å². The number of benzene rings is 4. The van der Waals surface area contributed by atoms with Crippen LogP contribution in [0.25, 0.3) is 21.8 Å². The zero-order valence-corrected chi connectivity index (χ0v) is 36.0. The Morgan fingerprint density at radius 2 is 1.02 bits per heavy atom. The Balaban J connectivity index is 0.000000160. The van der Waals surface area contributed by atoms with Crippen LogP contribution in [0, 0.1) is 0 Å². The van der Waals surface area contributed by atoms with Crippen LogP contribution in [0.1, 0.15) is 129 Å². The highest BCUT2D eigenvalue weighted by Gasteiger charge is 2.23. The Hall–Kier alpha value is -6.80. The molecule has 2 saturated carbocycles. The summed E-state index contributed by atoms with van der Waals surface area (Å²) in [4.78, 5) is 33.8. The number of fused-ring (bicyclic) bond motifs is 2. The molecule has 2 fully saturated rings. The van der Waals surface area contributed by atoms with E-state index in [4.69, 9.17) is 9.72 Å². The molecule has 0 unspecified atom stereocenters. The summed E-state index contributed by atoms with van der Waals surface area (Å²) >= 11 is 0. The number of hydrogen-bond donors (Lipinski definition) is 1. The van der Waals surface area contributed by atoms with E-state index >= 15 is 0 Å². The normalized spacial score (nSPS) is 14.2. The Morgan fingerprint density at radius 1 is 0.571 bits per heavy atom. The molecule has 0 radical (unpaired) electrons. The lowest BCUT2D eigenvalue weighted by Crippen LogP contribution is -2.10. The van der Waals surface area contributed by atoms with Crippen molar-refractivity contribution in [3.05, 3.63) is 202 Å². The van der Waals surface area contributed by atoms with Gasteiger partial charge in [-0.2, -0.15) is 0 Å². The van der Waals surface area contributed by atoms with Gasteiger partial charge >= 0.3 is 11.9 Å². The van der Waals surface area contributed by atoms with Crippen LogP contribution in [0.15, 0.2) is 146 Å². The molecule has 0 spiro atoms.